The van der Waals surface area contributed by atoms with Crippen LogP contribution >= 0.6 is 11.6 Å². The third-order valence-corrected chi connectivity index (χ3v) is 4.57. The van der Waals surface area contributed by atoms with Crippen molar-refractivity contribution in [1.82, 2.24) is 10.1 Å². The smallest absolute Gasteiger partial charge is 0.248 e. The third-order valence-electron chi connectivity index (χ3n) is 4.21. The largest absolute Gasteiger partial charge is 0.366 e. The van der Waals surface area contributed by atoms with Crippen LogP contribution in [-0.4, -0.2) is 16.0 Å². The van der Waals surface area contributed by atoms with E-state index in [9.17, 15) is 4.79 Å². The number of nitrogens with zero attached hydrogens (tertiary/aromatic N) is 2. The van der Waals surface area contributed by atoms with Gasteiger partial charge >= 0.3 is 0 Å². The summed E-state index contributed by atoms with van der Waals surface area (Å²) in [5, 5.41) is 4.78. The van der Waals surface area contributed by atoms with Crippen LogP contribution in [0.25, 0.3) is 0 Å². The van der Waals surface area contributed by atoms with Crippen molar-refractivity contribution in [2.24, 2.45) is 5.73 Å². The predicted octanol–water partition coefficient (Wildman–Crippen LogP) is 3.78. The number of halogens is 1. The van der Waals surface area contributed by atoms with E-state index >= 15 is 0 Å². The number of carbonyl (C=O) groups is 1. The minimum atomic E-state index is -0.403. The van der Waals surface area contributed by atoms with E-state index in [-0.39, 0.29) is 0 Å². The van der Waals surface area contributed by atoms with Gasteiger partial charge in [0.25, 0.3) is 0 Å². The van der Waals surface area contributed by atoms with Crippen LogP contribution in [0.2, 0.25) is 5.02 Å². The maximum absolute atomic E-state index is 11.4. The number of aryl methyl sites for hydroxylation is 4. The highest BCUT2D eigenvalue weighted by Crippen LogP contribution is 2.17. The molecule has 0 atom stereocenters. The molecule has 6 heteroatoms. The van der Waals surface area contributed by atoms with Crippen LogP contribution in [0.4, 0.5) is 0 Å². The van der Waals surface area contributed by atoms with E-state index in [2.05, 4.69) is 10.1 Å². The molecule has 0 aliphatic rings. The molecule has 134 valence electrons. The average Bonchev–Trinajstić information content (AvgIpc) is 3.09. The van der Waals surface area contributed by atoms with Gasteiger partial charge in [0.15, 0.2) is 5.82 Å². The lowest BCUT2D eigenvalue weighted by atomic mass is 10.0. The Kier molecular flexibility index (Phi) is 6.02. The Morgan fingerprint density at radius 3 is 2.46 bits per heavy atom. The number of hydrogen-bond donors (Lipinski definition) is 1. The second-order valence-corrected chi connectivity index (χ2v) is 6.48. The Bertz CT molecular complexity index is 892. The first kappa shape index (κ1) is 18.1. The van der Waals surface area contributed by atoms with Crippen molar-refractivity contribution in [2.75, 3.05) is 0 Å². The quantitative estimate of drug-likeness (QED) is 0.655. The van der Waals surface area contributed by atoms with Crippen LogP contribution in [0.1, 0.15) is 39.6 Å². The summed E-state index contributed by atoms with van der Waals surface area (Å²) in [6.45, 7) is 0. The summed E-state index contributed by atoms with van der Waals surface area (Å²) in [5.74, 6) is 0.883. The Hall–Kier alpha value is -2.66. The molecule has 5 nitrogen and oxygen atoms in total. The summed E-state index contributed by atoms with van der Waals surface area (Å²) < 4.78 is 5.31. The predicted molar refractivity (Wildman–Crippen MR) is 100 cm³/mol. The Labute approximate surface area is 157 Å². The topological polar surface area (TPSA) is 82.0 Å². The number of aromatic nitrogens is 2. The molecule has 1 aromatic heterocycles. The maximum atomic E-state index is 11.4. The number of hydrogen-bond acceptors (Lipinski definition) is 4. The minimum Gasteiger partial charge on any atom is -0.366 e. The highest BCUT2D eigenvalue weighted by molar-refractivity contribution is 6.31. The molecule has 2 N–H and O–H groups in total. The fourth-order valence-corrected chi connectivity index (χ4v) is 3.08. The van der Waals surface area contributed by atoms with E-state index in [1.165, 1.54) is 0 Å². The van der Waals surface area contributed by atoms with E-state index in [1.54, 1.807) is 6.07 Å². The van der Waals surface area contributed by atoms with Crippen LogP contribution in [-0.2, 0) is 25.7 Å². The average molecular weight is 370 g/mol. The van der Waals surface area contributed by atoms with Crippen molar-refractivity contribution < 1.29 is 9.32 Å². The zero-order valence-electron chi connectivity index (χ0n) is 14.3. The molecule has 0 spiro atoms. The van der Waals surface area contributed by atoms with E-state index in [4.69, 9.17) is 21.9 Å². The molecule has 0 aliphatic carbocycles. The molecule has 0 fully saturated rings. The van der Waals surface area contributed by atoms with Crippen LogP contribution in [0.15, 0.2) is 53.1 Å². The monoisotopic (exact) mass is 369 g/mol. The summed E-state index contributed by atoms with van der Waals surface area (Å²) in [4.78, 5) is 15.9. The lowest BCUT2D eigenvalue weighted by molar-refractivity contribution is 0.0999. The minimum absolute atomic E-state index is 0.403. The highest BCUT2D eigenvalue weighted by atomic mass is 35.5. The van der Waals surface area contributed by atoms with Gasteiger partial charge < -0.3 is 10.3 Å². The van der Waals surface area contributed by atoms with Gasteiger partial charge in [-0.2, -0.15) is 4.98 Å². The molecule has 26 heavy (non-hydrogen) atoms. The first-order chi connectivity index (χ1) is 12.6. The number of nitrogens with two attached hydrogens (primary N) is 1. The van der Waals surface area contributed by atoms with Crippen molar-refractivity contribution in [3.63, 3.8) is 0 Å². The molecule has 0 radical (unpaired) electrons. The number of benzene rings is 2. The fraction of sp³-hybridized carbons (Fsp3) is 0.250. The van der Waals surface area contributed by atoms with Gasteiger partial charge in [0.1, 0.15) is 0 Å². The molecule has 0 saturated heterocycles. The van der Waals surface area contributed by atoms with Crippen LogP contribution in [0, 0.1) is 0 Å². The van der Waals surface area contributed by atoms with Gasteiger partial charge in [-0.3, -0.25) is 4.79 Å². The van der Waals surface area contributed by atoms with Gasteiger partial charge in [-0.25, -0.2) is 0 Å². The Morgan fingerprint density at radius 1 is 0.962 bits per heavy atom. The van der Waals surface area contributed by atoms with Gasteiger partial charge in [-0.1, -0.05) is 53.2 Å². The van der Waals surface area contributed by atoms with Gasteiger partial charge in [-0.15, -0.1) is 0 Å². The van der Waals surface area contributed by atoms with Crippen molar-refractivity contribution in [3.05, 3.63) is 82.0 Å². The van der Waals surface area contributed by atoms with Crippen molar-refractivity contribution in [2.45, 2.75) is 32.1 Å². The highest BCUT2D eigenvalue weighted by Gasteiger charge is 2.10. The third kappa shape index (κ3) is 4.70. The lowest BCUT2D eigenvalue weighted by Crippen LogP contribution is -2.13. The maximum Gasteiger partial charge on any atom is 0.248 e. The van der Waals surface area contributed by atoms with E-state index in [1.807, 2.05) is 42.5 Å². The van der Waals surface area contributed by atoms with Crippen molar-refractivity contribution >= 4 is 17.5 Å². The zero-order valence-corrected chi connectivity index (χ0v) is 15.1. The molecule has 3 rings (SSSR count). The van der Waals surface area contributed by atoms with Crippen LogP contribution in [0.5, 0.6) is 0 Å². The second-order valence-electron chi connectivity index (χ2n) is 6.07. The van der Waals surface area contributed by atoms with E-state index in [0.29, 0.717) is 30.1 Å². The lowest BCUT2D eigenvalue weighted by Gasteiger charge is -2.05. The van der Waals surface area contributed by atoms with Crippen molar-refractivity contribution in [1.29, 1.82) is 0 Å². The first-order valence-corrected chi connectivity index (χ1v) is 8.94. The molecule has 1 heterocycles. The molecule has 2 aromatic carbocycles. The van der Waals surface area contributed by atoms with Gasteiger partial charge in [0.2, 0.25) is 11.8 Å². The molecular weight excluding hydrogens is 350 g/mol. The molecule has 3 aromatic rings. The van der Waals surface area contributed by atoms with E-state index in [0.717, 1.165) is 35.4 Å². The second kappa shape index (κ2) is 8.63. The van der Waals surface area contributed by atoms with Gasteiger partial charge in [-0.05, 0) is 42.5 Å². The van der Waals surface area contributed by atoms with Crippen LogP contribution < -0.4 is 5.73 Å². The number of rotatable bonds is 8. The summed E-state index contributed by atoms with van der Waals surface area (Å²) in [6.07, 6.45) is 3.64. The number of amides is 1. The van der Waals surface area contributed by atoms with Gasteiger partial charge in [0.05, 0.1) is 0 Å². The summed E-state index contributed by atoms with van der Waals surface area (Å²) in [6, 6.07) is 15.1. The summed E-state index contributed by atoms with van der Waals surface area (Å²) in [5.41, 5.74) is 7.99. The normalized spacial score (nSPS) is 10.8. The zero-order chi connectivity index (χ0) is 18.4. The molecule has 0 saturated carbocycles. The summed E-state index contributed by atoms with van der Waals surface area (Å²) >= 11 is 6.16. The SMILES string of the molecule is NC(=O)c1ccccc1CCCc1nc(CCc2ccccc2Cl)no1. The van der Waals surface area contributed by atoms with Crippen molar-refractivity contribution in [3.8, 4) is 0 Å². The molecule has 0 unspecified atom stereocenters. The molecular formula is C20H20ClN3O2. The standard InChI is InChI=1S/C20H20ClN3O2/c21-17-10-4-2-7-15(17)12-13-18-23-19(26-24-18)11-5-8-14-6-1-3-9-16(14)20(22)25/h1-4,6-7,9-10H,5,8,11-13H2,(H2,22,25). The van der Waals surface area contributed by atoms with Crippen LogP contribution in [0.3, 0.4) is 0 Å². The molecule has 0 bridgehead atoms. The molecule has 1 amide bonds. The van der Waals surface area contributed by atoms with Gasteiger partial charge in [0, 0.05) is 23.4 Å². The number of primary amides is 1. The van der Waals surface area contributed by atoms with E-state index < -0.39 is 5.91 Å². The Balaban J connectivity index is 1.51. The Morgan fingerprint density at radius 2 is 1.69 bits per heavy atom. The molecule has 0 aliphatic heterocycles. The fourth-order valence-electron chi connectivity index (χ4n) is 2.85. The number of carbonyl (C=O) groups excluding carboxylic acids is 1. The summed E-state index contributed by atoms with van der Waals surface area (Å²) in [7, 11) is 0. The first-order valence-electron chi connectivity index (χ1n) is 8.56.